The average molecular weight is 647 g/mol. The maximum Gasteiger partial charge on any atom is 0.243 e. The molecule has 2 saturated heterocycles. The highest BCUT2D eigenvalue weighted by Gasteiger charge is 2.54. The number of ketones is 1. The minimum atomic E-state index is -4.20. The number of sulfonamides is 2. The van der Waals surface area contributed by atoms with Gasteiger partial charge < -0.3 is 0 Å². The molecular formula is C35H35FN2O5S2. The lowest BCUT2D eigenvalue weighted by Gasteiger charge is -2.51. The van der Waals surface area contributed by atoms with Crippen molar-refractivity contribution in [2.45, 2.75) is 61.5 Å². The normalized spacial score (nSPS) is 23.1. The molecule has 0 bridgehead atoms. The Morgan fingerprint density at radius 3 is 1.73 bits per heavy atom. The van der Waals surface area contributed by atoms with E-state index in [0.717, 1.165) is 16.7 Å². The quantitative estimate of drug-likeness (QED) is 0.246. The van der Waals surface area contributed by atoms with Crippen molar-refractivity contribution in [2.75, 3.05) is 6.54 Å². The van der Waals surface area contributed by atoms with Crippen molar-refractivity contribution in [2.24, 2.45) is 5.92 Å². The van der Waals surface area contributed by atoms with Crippen molar-refractivity contribution in [3.8, 4) is 0 Å². The number of benzene rings is 4. The molecule has 0 aromatic heterocycles. The largest absolute Gasteiger partial charge is 0.299 e. The van der Waals surface area contributed by atoms with Crippen LogP contribution in [-0.2, 0) is 24.8 Å². The summed E-state index contributed by atoms with van der Waals surface area (Å²) in [6.07, 6.45) is -0.214. The van der Waals surface area contributed by atoms with Crippen LogP contribution >= 0.6 is 0 Å². The van der Waals surface area contributed by atoms with Crippen molar-refractivity contribution in [1.29, 1.82) is 0 Å². The molecule has 2 heterocycles. The molecule has 0 saturated carbocycles. The van der Waals surface area contributed by atoms with Gasteiger partial charge in [0, 0.05) is 30.5 Å². The Hall–Kier alpha value is -3.70. The van der Waals surface area contributed by atoms with E-state index in [0.29, 0.717) is 5.56 Å². The van der Waals surface area contributed by atoms with E-state index in [1.165, 1.54) is 38.9 Å². The third-order valence-corrected chi connectivity index (χ3v) is 12.9. The van der Waals surface area contributed by atoms with E-state index in [4.69, 9.17) is 0 Å². The second kappa shape index (κ2) is 11.9. The van der Waals surface area contributed by atoms with Crippen LogP contribution in [0.2, 0.25) is 0 Å². The fraction of sp³-hybridized carbons (Fsp3) is 0.286. The lowest BCUT2D eigenvalue weighted by Crippen LogP contribution is -2.61. The fourth-order valence-corrected chi connectivity index (χ4v) is 10.1. The molecule has 10 heteroatoms. The maximum atomic E-state index is 15.5. The number of hydrogen-bond acceptors (Lipinski definition) is 5. The average Bonchev–Trinajstić information content (AvgIpc) is 3.01. The molecular weight excluding hydrogens is 612 g/mol. The summed E-state index contributed by atoms with van der Waals surface area (Å²) >= 11 is 0. The van der Waals surface area contributed by atoms with E-state index in [1.54, 1.807) is 42.5 Å². The Morgan fingerprint density at radius 2 is 1.18 bits per heavy atom. The zero-order valence-corrected chi connectivity index (χ0v) is 26.9. The number of hydrogen-bond donors (Lipinski definition) is 0. The van der Waals surface area contributed by atoms with Crippen molar-refractivity contribution >= 4 is 25.8 Å². The Morgan fingerprint density at radius 1 is 0.667 bits per heavy atom. The first-order valence-corrected chi connectivity index (χ1v) is 17.8. The summed E-state index contributed by atoms with van der Waals surface area (Å²) in [4.78, 5) is 14.1. The van der Waals surface area contributed by atoms with Crippen LogP contribution in [0.3, 0.4) is 0 Å². The van der Waals surface area contributed by atoms with Crippen LogP contribution in [0.25, 0.3) is 0 Å². The number of carbonyl (C=O) groups excluding carboxylic acids is 1. The minimum absolute atomic E-state index is 0.0258. The molecule has 0 aliphatic carbocycles. The van der Waals surface area contributed by atoms with Gasteiger partial charge in [-0.1, -0.05) is 83.4 Å². The Balaban J connectivity index is 1.52. The predicted octanol–water partition coefficient (Wildman–Crippen LogP) is 6.28. The number of nitrogens with zero attached hydrogens (tertiary/aromatic N) is 2. The fourth-order valence-electron chi connectivity index (χ4n) is 6.58. The summed E-state index contributed by atoms with van der Waals surface area (Å²) in [5, 5.41) is 0. The second-order valence-corrected chi connectivity index (χ2v) is 15.8. The number of rotatable bonds is 6. The number of aryl methyl sites for hydroxylation is 3. The third kappa shape index (κ3) is 5.76. The third-order valence-electron chi connectivity index (χ3n) is 9.05. The van der Waals surface area contributed by atoms with Gasteiger partial charge in [-0.15, -0.1) is 0 Å². The zero-order chi connectivity index (χ0) is 32.1. The summed E-state index contributed by atoms with van der Waals surface area (Å²) in [5.74, 6) is -1.78. The minimum Gasteiger partial charge on any atom is -0.299 e. The number of halogens is 1. The standard InChI is InChI=1S/C35H35FN2O5S2/c1-23-8-14-26(15-9-23)32-21-35(39)30-22-37(44(40,41)27-16-10-24(2)11-17-27)33(29-6-4-5-7-31(29)36)20-34(30)38(32)45(42,43)28-18-12-25(3)13-19-28/h4-19,30,32-34H,20-22H2,1-3H3/t30-,32+,33+,34+/m1/s1. The molecule has 2 aliphatic rings. The lowest BCUT2D eigenvalue weighted by atomic mass is 9.77. The van der Waals surface area contributed by atoms with Crippen molar-refractivity contribution in [3.63, 3.8) is 0 Å². The number of fused-ring (bicyclic) bond motifs is 1. The Kier molecular flexibility index (Phi) is 8.28. The number of carbonyl (C=O) groups is 1. The second-order valence-electron chi connectivity index (χ2n) is 12.1. The van der Waals surface area contributed by atoms with E-state index in [9.17, 15) is 21.6 Å². The SMILES string of the molecule is Cc1ccc([C@@H]2CC(=O)[C@@H]3CN(S(=O)(=O)c4ccc(C)cc4)[C@H](c4ccccc4F)C[C@@H]3N2S(=O)(=O)c2ccc(C)cc2)cc1. The maximum absolute atomic E-state index is 15.5. The molecule has 2 aliphatic heterocycles. The summed E-state index contributed by atoms with van der Waals surface area (Å²) in [7, 11) is -8.39. The topological polar surface area (TPSA) is 91.8 Å². The zero-order valence-electron chi connectivity index (χ0n) is 25.3. The molecule has 6 rings (SSSR count). The van der Waals surface area contributed by atoms with Crippen LogP contribution in [0.4, 0.5) is 4.39 Å². The first-order valence-electron chi connectivity index (χ1n) is 14.9. The van der Waals surface area contributed by atoms with Crippen LogP contribution < -0.4 is 0 Å². The molecule has 7 nitrogen and oxygen atoms in total. The van der Waals surface area contributed by atoms with Crippen LogP contribution in [-0.4, -0.2) is 43.8 Å². The van der Waals surface area contributed by atoms with Crippen LogP contribution in [0.15, 0.2) is 107 Å². The number of piperidine rings is 2. The Bertz CT molecular complexity index is 1940. The highest BCUT2D eigenvalue weighted by atomic mass is 32.2. The predicted molar refractivity (Wildman–Crippen MR) is 170 cm³/mol. The number of Topliss-reactive ketones (excluding diaryl/α,β-unsaturated/α-hetero) is 1. The van der Waals surface area contributed by atoms with Crippen molar-refractivity contribution in [3.05, 3.63) is 131 Å². The first kappa shape index (κ1) is 31.3. The highest BCUT2D eigenvalue weighted by molar-refractivity contribution is 7.89. The smallest absolute Gasteiger partial charge is 0.243 e. The van der Waals surface area contributed by atoms with Crippen molar-refractivity contribution in [1.82, 2.24) is 8.61 Å². The summed E-state index contributed by atoms with van der Waals surface area (Å²) in [5.41, 5.74) is 3.55. The molecule has 4 aromatic rings. The molecule has 4 atom stereocenters. The van der Waals surface area contributed by atoms with Crippen LogP contribution in [0, 0.1) is 32.5 Å². The van der Waals surface area contributed by atoms with Gasteiger partial charge in [-0.25, -0.2) is 21.2 Å². The van der Waals surface area contributed by atoms with E-state index in [1.807, 2.05) is 45.0 Å². The molecule has 234 valence electrons. The summed E-state index contributed by atoms with van der Waals surface area (Å²) in [6.45, 7) is 5.36. The first-order chi connectivity index (χ1) is 21.4. The lowest BCUT2D eigenvalue weighted by molar-refractivity contribution is -0.132. The summed E-state index contributed by atoms with van der Waals surface area (Å²) in [6, 6.07) is 23.5. The highest BCUT2D eigenvalue weighted by Crippen LogP contribution is 2.48. The summed E-state index contributed by atoms with van der Waals surface area (Å²) < 4.78 is 75.6. The van der Waals surface area contributed by atoms with Gasteiger partial charge in [0.1, 0.15) is 11.6 Å². The van der Waals surface area contributed by atoms with Gasteiger partial charge in [0.15, 0.2) is 0 Å². The van der Waals surface area contributed by atoms with Gasteiger partial charge in [-0.2, -0.15) is 8.61 Å². The van der Waals surface area contributed by atoms with Crippen molar-refractivity contribution < 1.29 is 26.0 Å². The van der Waals surface area contributed by atoms with Gasteiger partial charge in [-0.05, 0) is 63.1 Å². The molecule has 0 radical (unpaired) electrons. The monoisotopic (exact) mass is 646 g/mol. The van der Waals surface area contributed by atoms with Gasteiger partial charge >= 0.3 is 0 Å². The molecule has 0 N–H and O–H groups in total. The molecule has 4 aromatic carbocycles. The Labute approximate surface area is 264 Å². The van der Waals surface area contributed by atoms with Crippen LogP contribution in [0.5, 0.6) is 0 Å². The molecule has 0 amide bonds. The van der Waals surface area contributed by atoms with E-state index in [-0.39, 0.29) is 40.5 Å². The molecule has 45 heavy (non-hydrogen) atoms. The molecule has 0 unspecified atom stereocenters. The van der Waals surface area contributed by atoms with E-state index in [2.05, 4.69) is 0 Å². The van der Waals surface area contributed by atoms with Gasteiger partial charge in [0.05, 0.1) is 21.9 Å². The van der Waals surface area contributed by atoms with E-state index >= 15 is 4.39 Å². The van der Waals surface area contributed by atoms with E-state index < -0.39 is 49.9 Å². The molecule has 0 spiro atoms. The van der Waals surface area contributed by atoms with Gasteiger partial charge in [-0.3, -0.25) is 4.79 Å². The van der Waals surface area contributed by atoms with Gasteiger partial charge in [0.2, 0.25) is 20.0 Å². The van der Waals surface area contributed by atoms with Crippen LogP contribution in [0.1, 0.15) is 52.7 Å². The molecule has 2 fully saturated rings. The van der Waals surface area contributed by atoms with Gasteiger partial charge in [0.25, 0.3) is 0 Å².